The molecule has 0 aliphatic heterocycles. The van der Waals surface area contributed by atoms with Gasteiger partial charge in [-0.2, -0.15) is 0 Å². The van der Waals surface area contributed by atoms with Gasteiger partial charge in [-0.1, -0.05) is 26.8 Å². The summed E-state index contributed by atoms with van der Waals surface area (Å²) in [5.74, 6) is 1.39. The summed E-state index contributed by atoms with van der Waals surface area (Å²) in [6, 6.07) is 5.94. The first kappa shape index (κ1) is 12.2. The van der Waals surface area contributed by atoms with Crippen LogP contribution in [0.15, 0.2) is 18.2 Å². The molecule has 0 unspecified atom stereocenters. The lowest BCUT2D eigenvalue weighted by Gasteiger charge is -2.14. The van der Waals surface area contributed by atoms with Gasteiger partial charge in [0, 0.05) is 5.41 Å². The minimum Gasteiger partial charge on any atom is -0.496 e. The average Bonchev–Trinajstić information content (AvgIpc) is 3.06. The van der Waals surface area contributed by atoms with E-state index in [1.807, 2.05) is 25.1 Å². The molecule has 92 valence electrons. The first-order valence-electron chi connectivity index (χ1n) is 6.21. The Labute approximate surface area is 103 Å². The Bertz CT molecular complexity index is 442. The zero-order chi connectivity index (χ0) is 12.6. The van der Waals surface area contributed by atoms with Crippen LogP contribution in [0.5, 0.6) is 5.75 Å². The summed E-state index contributed by atoms with van der Waals surface area (Å²) < 4.78 is 5.36. The number of carbonyl (C=O) groups excluding carboxylic acids is 1. The molecule has 0 aromatic heterocycles. The van der Waals surface area contributed by atoms with E-state index in [1.54, 1.807) is 7.11 Å². The number of hydrogen-bond acceptors (Lipinski definition) is 2. The second kappa shape index (κ2) is 4.17. The first-order valence-corrected chi connectivity index (χ1v) is 6.21. The van der Waals surface area contributed by atoms with Crippen LogP contribution in [0.3, 0.4) is 0 Å². The van der Waals surface area contributed by atoms with Gasteiger partial charge in [0.15, 0.2) is 5.78 Å². The number of ketones is 1. The molecule has 1 aromatic rings. The van der Waals surface area contributed by atoms with Crippen molar-refractivity contribution >= 4 is 5.78 Å². The maximum absolute atomic E-state index is 12.3. The Morgan fingerprint density at radius 2 is 2.00 bits per heavy atom. The highest BCUT2D eigenvalue weighted by Gasteiger charge is 2.45. The topological polar surface area (TPSA) is 26.3 Å². The van der Waals surface area contributed by atoms with Crippen molar-refractivity contribution in [2.24, 2.45) is 5.41 Å². The van der Waals surface area contributed by atoms with Crippen molar-refractivity contribution in [2.45, 2.75) is 39.5 Å². The van der Waals surface area contributed by atoms with Gasteiger partial charge in [0.2, 0.25) is 0 Å². The fourth-order valence-corrected chi connectivity index (χ4v) is 1.99. The van der Waals surface area contributed by atoms with Gasteiger partial charge in [-0.05, 0) is 36.5 Å². The summed E-state index contributed by atoms with van der Waals surface area (Å²) in [4.78, 5) is 12.3. The molecule has 0 atom stereocenters. The van der Waals surface area contributed by atoms with Crippen molar-refractivity contribution in [2.75, 3.05) is 7.11 Å². The van der Waals surface area contributed by atoms with E-state index in [1.165, 1.54) is 5.56 Å². The number of Topliss-reactive ketones (excluding diaryl/α,β-unsaturated/α-hetero) is 1. The highest BCUT2D eigenvalue weighted by molar-refractivity contribution is 6.04. The third kappa shape index (κ3) is 2.21. The molecule has 0 amide bonds. The summed E-state index contributed by atoms with van der Waals surface area (Å²) in [5.41, 5.74) is 1.81. The predicted octanol–water partition coefficient (Wildman–Crippen LogP) is 3.80. The van der Waals surface area contributed by atoms with Crippen LogP contribution in [0, 0.1) is 5.41 Å². The third-order valence-corrected chi connectivity index (χ3v) is 3.69. The summed E-state index contributed by atoms with van der Waals surface area (Å²) in [5, 5.41) is 0. The molecule has 1 saturated carbocycles. The Morgan fingerprint density at radius 3 is 2.47 bits per heavy atom. The zero-order valence-electron chi connectivity index (χ0n) is 11.0. The molecule has 2 heteroatoms. The lowest BCUT2D eigenvalue weighted by molar-refractivity contribution is 0.0909. The zero-order valence-corrected chi connectivity index (χ0v) is 11.0. The third-order valence-electron chi connectivity index (χ3n) is 3.69. The molecular weight excluding hydrogens is 212 g/mol. The fourth-order valence-electron chi connectivity index (χ4n) is 1.99. The van der Waals surface area contributed by atoms with Crippen LogP contribution in [-0.4, -0.2) is 12.9 Å². The Kier molecular flexibility index (Phi) is 2.98. The predicted molar refractivity (Wildman–Crippen MR) is 68.8 cm³/mol. The van der Waals surface area contributed by atoms with Crippen LogP contribution >= 0.6 is 0 Å². The van der Waals surface area contributed by atoms with Crippen LogP contribution in [0.1, 0.15) is 55.5 Å². The van der Waals surface area contributed by atoms with Crippen molar-refractivity contribution in [1.29, 1.82) is 0 Å². The van der Waals surface area contributed by atoms with Gasteiger partial charge in [-0.25, -0.2) is 0 Å². The fraction of sp³-hybridized carbons (Fsp3) is 0.533. The molecule has 17 heavy (non-hydrogen) atoms. The van der Waals surface area contributed by atoms with Gasteiger partial charge < -0.3 is 4.74 Å². The average molecular weight is 232 g/mol. The molecule has 1 fully saturated rings. The molecule has 1 aromatic carbocycles. The van der Waals surface area contributed by atoms with Crippen LogP contribution in [0.2, 0.25) is 0 Å². The van der Waals surface area contributed by atoms with E-state index in [-0.39, 0.29) is 11.2 Å². The van der Waals surface area contributed by atoms with Gasteiger partial charge in [-0.15, -0.1) is 0 Å². The maximum atomic E-state index is 12.3. The van der Waals surface area contributed by atoms with E-state index in [0.29, 0.717) is 11.7 Å². The monoisotopic (exact) mass is 232 g/mol. The van der Waals surface area contributed by atoms with Crippen molar-refractivity contribution < 1.29 is 9.53 Å². The number of methoxy groups -OCH3 is 1. The number of rotatable bonds is 4. The maximum Gasteiger partial charge on any atom is 0.172 e. The standard InChI is InChI=1S/C15H20O2/c1-10(2)11-5-6-12(13(9-11)17-4)14(16)15(3)7-8-15/h5-6,9-10H,7-8H2,1-4H3. The molecule has 1 aliphatic rings. The summed E-state index contributed by atoms with van der Waals surface area (Å²) in [7, 11) is 1.63. The van der Waals surface area contributed by atoms with Crippen LogP contribution in [0.25, 0.3) is 0 Å². The van der Waals surface area contributed by atoms with E-state index in [0.717, 1.165) is 18.4 Å². The molecule has 0 bridgehead atoms. The Balaban J connectivity index is 2.37. The minimum atomic E-state index is -0.132. The highest BCUT2D eigenvalue weighted by Crippen LogP contribution is 2.48. The normalized spacial score (nSPS) is 17.0. The molecule has 2 rings (SSSR count). The molecule has 0 heterocycles. The van der Waals surface area contributed by atoms with Crippen molar-refractivity contribution in [3.8, 4) is 5.75 Å². The highest BCUT2D eigenvalue weighted by atomic mass is 16.5. The first-order chi connectivity index (χ1) is 7.98. The van der Waals surface area contributed by atoms with Gasteiger partial charge in [0.25, 0.3) is 0 Å². The van der Waals surface area contributed by atoms with E-state index in [4.69, 9.17) is 4.74 Å². The van der Waals surface area contributed by atoms with E-state index in [9.17, 15) is 4.79 Å². The second-order valence-electron chi connectivity index (χ2n) is 5.50. The van der Waals surface area contributed by atoms with E-state index < -0.39 is 0 Å². The van der Waals surface area contributed by atoms with Crippen molar-refractivity contribution in [1.82, 2.24) is 0 Å². The lowest BCUT2D eigenvalue weighted by atomic mass is 9.93. The number of hydrogen-bond donors (Lipinski definition) is 0. The molecule has 0 N–H and O–H groups in total. The van der Waals surface area contributed by atoms with E-state index >= 15 is 0 Å². The summed E-state index contributed by atoms with van der Waals surface area (Å²) in [6.45, 7) is 6.31. The number of carbonyl (C=O) groups is 1. The van der Waals surface area contributed by atoms with Crippen molar-refractivity contribution in [3.05, 3.63) is 29.3 Å². The number of benzene rings is 1. The Morgan fingerprint density at radius 1 is 1.35 bits per heavy atom. The van der Waals surface area contributed by atoms with Gasteiger partial charge in [-0.3, -0.25) is 4.79 Å². The van der Waals surface area contributed by atoms with Crippen LogP contribution in [-0.2, 0) is 0 Å². The molecule has 0 saturated heterocycles. The molecule has 1 aliphatic carbocycles. The van der Waals surface area contributed by atoms with E-state index in [2.05, 4.69) is 13.8 Å². The van der Waals surface area contributed by atoms with Crippen LogP contribution < -0.4 is 4.74 Å². The second-order valence-corrected chi connectivity index (χ2v) is 5.50. The molecular formula is C15H20O2. The van der Waals surface area contributed by atoms with Crippen LogP contribution in [0.4, 0.5) is 0 Å². The quantitative estimate of drug-likeness (QED) is 0.738. The summed E-state index contributed by atoms with van der Waals surface area (Å²) >= 11 is 0. The largest absolute Gasteiger partial charge is 0.496 e. The van der Waals surface area contributed by atoms with Gasteiger partial charge in [0.1, 0.15) is 5.75 Å². The Hall–Kier alpha value is -1.31. The van der Waals surface area contributed by atoms with Gasteiger partial charge in [0.05, 0.1) is 12.7 Å². The molecule has 2 nitrogen and oxygen atoms in total. The minimum absolute atomic E-state index is 0.132. The van der Waals surface area contributed by atoms with Gasteiger partial charge >= 0.3 is 0 Å². The number of ether oxygens (including phenoxy) is 1. The summed E-state index contributed by atoms with van der Waals surface area (Å²) in [6.07, 6.45) is 2.00. The van der Waals surface area contributed by atoms with Crippen molar-refractivity contribution in [3.63, 3.8) is 0 Å². The molecule has 0 spiro atoms. The lowest BCUT2D eigenvalue weighted by Crippen LogP contribution is -2.13. The molecule has 0 radical (unpaired) electrons. The SMILES string of the molecule is COc1cc(C(C)C)ccc1C(=O)C1(C)CC1. The smallest absolute Gasteiger partial charge is 0.172 e.